The van der Waals surface area contributed by atoms with Gasteiger partial charge in [0.15, 0.2) is 0 Å². The molecule has 0 N–H and O–H groups in total. The number of nitrogens with zero attached hydrogens (tertiary/aromatic N) is 2. The smallest absolute Gasteiger partial charge is 0.264 e. The van der Waals surface area contributed by atoms with Crippen molar-refractivity contribution in [3.63, 3.8) is 0 Å². The van der Waals surface area contributed by atoms with Gasteiger partial charge in [-0.2, -0.15) is 4.31 Å². The van der Waals surface area contributed by atoms with Crippen LogP contribution in [0.1, 0.15) is 20.1 Å². The summed E-state index contributed by atoms with van der Waals surface area (Å²) in [6.45, 7) is 5.98. The van der Waals surface area contributed by atoms with E-state index in [4.69, 9.17) is 9.47 Å². The van der Waals surface area contributed by atoms with E-state index in [1.807, 2.05) is 26.0 Å². The predicted octanol–water partition coefficient (Wildman–Crippen LogP) is 2.54. The minimum atomic E-state index is -3.62. The number of amides is 1. The van der Waals surface area contributed by atoms with Crippen molar-refractivity contribution in [2.75, 3.05) is 46.5 Å². The van der Waals surface area contributed by atoms with Crippen molar-refractivity contribution >= 4 is 27.3 Å². The molecule has 0 aliphatic carbocycles. The van der Waals surface area contributed by atoms with Gasteiger partial charge in [0.25, 0.3) is 5.91 Å². The summed E-state index contributed by atoms with van der Waals surface area (Å²) in [6, 6.07) is 8.62. The average Bonchev–Trinajstić information content (AvgIpc) is 3.15. The highest BCUT2D eigenvalue weighted by molar-refractivity contribution is 7.89. The van der Waals surface area contributed by atoms with Crippen LogP contribution in [0, 0.1) is 13.8 Å². The predicted molar refractivity (Wildman–Crippen MR) is 112 cm³/mol. The van der Waals surface area contributed by atoms with Crippen LogP contribution in [0.2, 0.25) is 0 Å². The second-order valence-corrected chi connectivity index (χ2v) is 10.1. The highest BCUT2D eigenvalue weighted by Crippen LogP contribution is 2.25. The normalized spacial score (nSPS) is 15.5. The molecule has 1 aromatic heterocycles. The van der Waals surface area contributed by atoms with Crippen LogP contribution in [-0.2, 0) is 14.8 Å². The molecule has 158 valence electrons. The van der Waals surface area contributed by atoms with Gasteiger partial charge in [0, 0.05) is 38.2 Å². The molecule has 1 amide bonds. The van der Waals surface area contributed by atoms with E-state index in [1.165, 1.54) is 15.6 Å². The van der Waals surface area contributed by atoms with Crippen LogP contribution in [0.15, 0.2) is 35.2 Å². The van der Waals surface area contributed by atoms with Crippen molar-refractivity contribution in [3.8, 4) is 5.75 Å². The molecule has 0 saturated carbocycles. The first-order valence-corrected chi connectivity index (χ1v) is 11.7. The lowest BCUT2D eigenvalue weighted by molar-refractivity contribution is 0.0703. The Bertz CT molecular complexity index is 963. The van der Waals surface area contributed by atoms with E-state index in [9.17, 15) is 13.2 Å². The molecule has 0 atom stereocenters. The van der Waals surface area contributed by atoms with Gasteiger partial charge in [0.2, 0.25) is 10.0 Å². The Kier molecular flexibility index (Phi) is 6.94. The number of hydrogen-bond donors (Lipinski definition) is 0. The third-order valence-electron chi connectivity index (χ3n) is 4.81. The summed E-state index contributed by atoms with van der Waals surface area (Å²) in [5.41, 5.74) is 0.754. The van der Waals surface area contributed by atoms with Crippen molar-refractivity contribution in [2.24, 2.45) is 0 Å². The molecule has 0 unspecified atom stereocenters. The zero-order valence-electron chi connectivity index (χ0n) is 16.9. The largest absolute Gasteiger partial charge is 0.491 e. The summed E-state index contributed by atoms with van der Waals surface area (Å²) in [5.74, 6) is 0.608. The third kappa shape index (κ3) is 4.98. The van der Waals surface area contributed by atoms with E-state index in [2.05, 4.69) is 0 Å². The maximum absolute atomic E-state index is 13.0. The summed E-state index contributed by atoms with van der Waals surface area (Å²) in [4.78, 5) is 16.3. The molecule has 0 bridgehead atoms. The SMILES string of the molecule is COCCOc1ccc(S(=O)(=O)N2CCN(C(=O)c3ccc(C)s3)CC2)cc1C. The highest BCUT2D eigenvalue weighted by atomic mass is 32.2. The van der Waals surface area contributed by atoms with Crippen molar-refractivity contribution < 1.29 is 22.7 Å². The molecule has 2 aromatic rings. The molecule has 0 spiro atoms. The Hall–Kier alpha value is -1.94. The van der Waals surface area contributed by atoms with Gasteiger partial charge in [-0.3, -0.25) is 4.79 Å². The maximum Gasteiger partial charge on any atom is 0.264 e. The molecule has 3 rings (SSSR count). The van der Waals surface area contributed by atoms with Gasteiger partial charge in [-0.15, -0.1) is 11.3 Å². The second-order valence-electron chi connectivity index (χ2n) is 6.88. The van der Waals surface area contributed by atoms with Gasteiger partial charge in [-0.05, 0) is 49.7 Å². The first-order chi connectivity index (χ1) is 13.8. The molecular formula is C20H26N2O5S2. The Morgan fingerprint density at radius 2 is 1.79 bits per heavy atom. The Balaban J connectivity index is 1.65. The van der Waals surface area contributed by atoms with E-state index >= 15 is 0 Å². The van der Waals surface area contributed by atoms with Crippen LogP contribution in [0.3, 0.4) is 0 Å². The quantitative estimate of drug-likeness (QED) is 0.621. The lowest BCUT2D eigenvalue weighted by Crippen LogP contribution is -2.50. The Morgan fingerprint density at radius 3 is 2.38 bits per heavy atom. The molecule has 7 nitrogen and oxygen atoms in total. The van der Waals surface area contributed by atoms with E-state index in [0.29, 0.717) is 36.9 Å². The molecule has 1 fully saturated rings. The van der Waals surface area contributed by atoms with E-state index in [-0.39, 0.29) is 23.9 Å². The molecule has 9 heteroatoms. The summed E-state index contributed by atoms with van der Waals surface area (Å²) < 4.78 is 38.0. The van der Waals surface area contributed by atoms with Crippen LogP contribution < -0.4 is 4.74 Å². The lowest BCUT2D eigenvalue weighted by atomic mass is 10.2. The summed E-state index contributed by atoms with van der Waals surface area (Å²) in [6.07, 6.45) is 0. The molecule has 1 saturated heterocycles. The molecule has 1 aromatic carbocycles. The number of hydrogen-bond acceptors (Lipinski definition) is 6. The standard InChI is InChI=1S/C20H26N2O5S2/c1-15-14-17(5-6-18(15)27-13-12-26-3)29(24,25)22-10-8-21(9-11-22)20(23)19-7-4-16(2)28-19/h4-7,14H,8-13H2,1-3H3. The number of sulfonamides is 1. The fourth-order valence-electron chi connectivity index (χ4n) is 3.17. The molecule has 2 heterocycles. The lowest BCUT2D eigenvalue weighted by Gasteiger charge is -2.33. The van der Waals surface area contributed by atoms with Crippen LogP contribution in [-0.4, -0.2) is 70.0 Å². The minimum absolute atomic E-state index is 0.0337. The zero-order valence-corrected chi connectivity index (χ0v) is 18.5. The number of piperazine rings is 1. The summed E-state index contributed by atoms with van der Waals surface area (Å²) in [7, 11) is -2.02. The third-order valence-corrected chi connectivity index (χ3v) is 7.69. The van der Waals surface area contributed by atoms with Crippen LogP contribution in [0.4, 0.5) is 0 Å². The molecule has 29 heavy (non-hydrogen) atoms. The molecular weight excluding hydrogens is 412 g/mol. The Labute approximate surface area is 175 Å². The highest BCUT2D eigenvalue weighted by Gasteiger charge is 2.31. The first-order valence-electron chi connectivity index (χ1n) is 9.41. The average molecular weight is 439 g/mol. The number of aryl methyl sites for hydroxylation is 2. The number of carbonyl (C=O) groups is 1. The molecule has 1 aliphatic rings. The van der Waals surface area contributed by atoms with Crippen molar-refractivity contribution in [3.05, 3.63) is 45.6 Å². The fraction of sp³-hybridized carbons (Fsp3) is 0.450. The summed E-state index contributed by atoms with van der Waals surface area (Å²) in [5, 5.41) is 0. The van der Waals surface area contributed by atoms with E-state index < -0.39 is 10.0 Å². The summed E-state index contributed by atoms with van der Waals surface area (Å²) >= 11 is 1.46. The van der Waals surface area contributed by atoms with Crippen LogP contribution in [0.5, 0.6) is 5.75 Å². The fourth-order valence-corrected chi connectivity index (χ4v) is 5.51. The van der Waals surface area contributed by atoms with Crippen LogP contribution >= 0.6 is 11.3 Å². The zero-order chi connectivity index (χ0) is 21.0. The number of rotatable bonds is 7. The molecule has 1 aliphatic heterocycles. The van der Waals surface area contributed by atoms with E-state index in [0.717, 1.165) is 10.4 Å². The van der Waals surface area contributed by atoms with Gasteiger partial charge in [-0.1, -0.05) is 0 Å². The number of benzene rings is 1. The van der Waals surface area contributed by atoms with Crippen molar-refractivity contribution in [2.45, 2.75) is 18.7 Å². The van der Waals surface area contributed by atoms with E-state index in [1.54, 1.807) is 30.2 Å². The Morgan fingerprint density at radius 1 is 1.07 bits per heavy atom. The first kappa shape index (κ1) is 21.8. The van der Waals surface area contributed by atoms with Gasteiger partial charge in [0.1, 0.15) is 12.4 Å². The maximum atomic E-state index is 13.0. The molecule has 0 radical (unpaired) electrons. The van der Waals surface area contributed by atoms with Crippen LogP contribution in [0.25, 0.3) is 0 Å². The monoisotopic (exact) mass is 438 g/mol. The number of ether oxygens (including phenoxy) is 2. The van der Waals surface area contributed by atoms with Gasteiger partial charge < -0.3 is 14.4 Å². The van der Waals surface area contributed by atoms with Gasteiger partial charge >= 0.3 is 0 Å². The van der Waals surface area contributed by atoms with Gasteiger partial charge in [-0.25, -0.2) is 8.42 Å². The van der Waals surface area contributed by atoms with Crippen molar-refractivity contribution in [1.29, 1.82) is 0 Å². The second kappa shape index (κ2) is 9.25. The van der Waals surface area contributed by atoms with Crippen molar-refractivity contribution in [1.82, 2.24) is 9.21 Å². The topological polar surface area (TPSA) is 76.2 Å². The number of carbonyl (C=O) groups excluding carboxylic acids is 1. The minimum Gasteiger partial charge on any atom is -0.491 e. The van der Waals surface area contributed by atoms with Gasteiger partial charge in [0.05, 0.1) is 16.4 Å². The number of thiophene rings is 1. The number of methoxy groups -OCH3 is 1.